The number of carbonyl (C=O) groups excluding carboxylic acids is 1. The summed E-state index contributed by atoms with van der Waals surface area (Å²) < 4.78 is 0. The van der Waals surface area contributed by atoms with Crippen LogP contribution in [0.2, 0.25) is 0 Å². The Morgan fingerprint density at radius 2 is 1.80 bits per heavy atom. The van der Waals surface area contributed by atoms with Crippen LogP contribution in [0.4, 0.5) is 0 Å². The van der Waals surface area contributed by atoms with E-state index in [1.807, 2.05) is 0 Å². The molecule has 1 aliphatic carbocycles. The van der Waals surface area contributed by atoms with Gasteiger partial charge in [0.2, 0.25) is 0 Å². The summed E-state index contributed by atoms with van der Waals surface area (Å²) in [5.74, 6) is 0.296. The van der Waals surface area contributed by atoms with Crippen molar-refractivity contribution in [3.8, 4) is 0 Å². The molecule has 0 aromatic rings. The number of Topliss-reactive ketones (excluding diaryl/α,β-unsaturated/α-hetero) is 1. The van der Waals surface area contributed by atoms with E-state index in [1.54, 1.807) is 6.92 Å². The molecule has 0 aliphatic heterocycles. The highest BCUT2D eigenvalue weighted by Gasteiger charge is 2.28. The SMILES string of the molecule is CC(=O)C(C)(C)CN(C)C1CCCCC1. The molecular weight excluding hydrogens is 186 g/mol. The van der Waals surface area contributed by atoms with Crippen LogP contribution in [-0.4, -0.2) is 30.3 Å². The summed E-state index contributed by atoms with van der Waals surface area (Å²) in [4.78, 5) is 13.8. The molecule has 1 saturated carbocycles. The van der Waals surface area contributed by atoms with E-state index in [4.69, 9.17) is 0 Å². The van der Waals surface area contributed by atoms with Crippen LogP contribution in [0.15, 0.2) is 0 Å². The Balaban J connectivity index is 2.46. The fourth-order valence-corrected chi connectivity index (χ4v) is 2.39. The summed E-state index contributed by atoms with van der Waals surface area (Å²) in [6, 6.07) is 0.706. The zero-order valence-electron chi connectivity index (χ0n) is 10.7. The molecule has 0 N–H and O–H groups in total. The predicted molar refractivity (Wildman–Crippen MR) is 64.0 cm³/mol. The summed E-state index contributed by atoms with van der Waals surface area (Å²) in [7, 11) is 2.17. The van der Waals surface area contributed by atoms with Crippen LogP contribution in [-0.2, 0) is 4.79 Å². The molecule has 0 bridgehead atoms. The van der Waals surface area contributed by atoms with E-state index in [-0.39, 0.29) is 5.41 Å². The largest absolute Gasteiger partial charge is 0.302 e. The Bertz CT molecular complexity index is 217. The van der Waals surface area contributed by atoms with Crippen molar-refractivity contribution in [2.45, 2.75) is 58.9 Å². The molecule has 88 valence electrons. The first-order valence-corrected chi connectivity index (χ1v) is 6.15. The number of rotatable bonds is 4. The normalized spacial score (nSPS) is 19.5. The van der Waals surface area contributed by atoms with Crippen molar-refractivity contribution in [1.82, 2.24) is 4.90 Å². The molecule has 0 atom stereocenters. The Hall–Kier alpha value is -0.370. The van der Waals surface area contributed by atoms with Gasteiger partial charge in [0.25, 0.3) is 0 Å². The molecular formula is C13H25NO. The van der Waals surface area contributed by atoms with E-state index in [9.17, 15) is 4.79 Å². The van der Waals surface area contributed by atoms with Gasteiger partial charge in [0.15, 0.2) is 0 Å². The summed E-state index contributed by atoms with van der Waals surface area (Å²) in [5, 5.41) is 0. The van der Waals surface area contributed by atoms with Crippen molar-refractivity contribution < 1.29 is 4.79 Å². The van der Waals surface area contributed by atoms with E-state index in [1.165, 1.54) is 32.1 Å². The molecule has 0 aromatic carbocycles. The minimum Gasteiger partial charge on any atom is -0.302 e. The molecule has 15 heavy (non-hydrogen) atoms. The van der Waals surface area contributed by atoms with Gasteiger partial charge in [0, 0.05) is 18.0 Å². The summed E-state index contributed by atoms with van der Waals surface area (Å²) in [6.45, 7) is 6.70. The number of hydrogen-bond donors (Lipinski definition) is 0. The lowest BCUT2D eigenvalue weighted by molar-refractivity contribution is -0.126. The van der Waals surface area contributed by atoms with Crippen molar-refractivity contribution in [2.75, 3.05) is 13.6 Å². The minimum absolute atomic E-state index is 0.188. The van der Waals surface area contributed by atoms with Crippen molar-refractivity contribution in [3.63, 3.8) is 0 Å². The molecule has 0 heterocycles. The van der Waals surface area contributed by atoms with Gasteiger partial charge in [-0.25, -0.2) is 0 Å². The van der Waals surface area contributed by atoms with E-state index in [0.29, 0.717) is 11.8 Å². The van der Waals surface area contributed by atoms with Gasteiger partial charge in [0.05, 0.1) is 0 Å². The molecule has 0 radical (unpaired) electrons. The molecule has 0 unspecified atom stereocenters. The summed E-state index contributed by atoms with van der Waals surface area (Å²) in [6.07, 6.45) is 6.72. The summed E-state index contributed by atoms with van der Waals surface area (Å²) >= 11 is 0. The zero-order chi connectivity index (χ0) is 11.5. The lowest BCUT2D eigenvalue weighted by atomic mass is 9.86. The average molecular weight is 211 g/mol. The van der Waals surface area contributed by atoms with Crippen LogP contribution in [0.5, 0.6) is 0 Å². The Kier molecular flexibility index (Phi) is 4.32. The Morgan fingerprint density at radius 1 is 1.27 bits per heavy atom. The van der Waals surface area contributed by atoms with Crippen LogP contribution in [0.1, 0.15) is 52.9 Å². The number of hydrogen-bond acceptors (Lipinski definition) is 2. The standard InChI is InChI=1S/C13H25NO/c1-11(15)13(2,3)10-14(4)12-8-6-5-7-9-12/h12H,5-10H2,1-4H3. The fraction of sp³-hybridized carbons (Fsp3) is 0.923. The van der Waals surface area contributed by atoms with Crippen LogP contribution < -0.4 is 0 Å². The van der Waals surface area contributed by atoms with Crippen LogP contribution in [0.3, 0.4) is 0 Å². The highest BCUT2D eigenvalue weighted by atomic mass is 16.1. The second-order valence-electron chi connectivity index (χ2n) is 5.65. The second-order valence-corrected chi connectivity index (χ2v) is 5.65. The lowest BCUT2D eigenvalue weighted by Crippen LogP contribution is -2.42. The smallest absolute Gasteiger partial charge is 0.136 e. The first kappa shape index (κ1) is 12.7. The molecule has 2 heteroatoms. The molecule has 0 spiro atoms. The Labute approximate surface area is 94.0 Å². The molecule has 0 saturated heterocycles. The topological polar surface area (TPSA) is 20.3 Å². The fourth-order valence-electron chi connectivity index (χ4n) is 2.39. The van der Waals surface area contributed by atoms with Gasteiger partial charge in [-0.1, -0.05) is 33.1 Å². The van der Waals surface area contributed by atoms with Crippen molar-refractivity contribution in [3.05, 3.63) is 0 Å². The van der Waals surface area contributed by atoms with Gasteiger partial charge in [0.1, 0.15) is 5.78 Å². The summed E-state index contributed by atoms with van der Waals surface area (Å²) in [5.41, 5.74) is -0.188. The van der Waals surface area contributed by atoms with Crippen LogP contribution in [0, 0.1) is 5.41 Å². The molecule has 1 rings (SSSR count). The number of ketones is 1. The first-order valence-electron chi connectivity index (χ1n) is 6.15. The van der Waals surface area contributed by atoms with Gasteiger partial charge in [-0.15, -0.1) is 0 Å². The van der Waals surface area contributed by atoms with Gasteiger partial charge in [-0.3, -0.25) is 4.79 Å². The molecule has 2 nitrogen and oxygen atoms in total. The lowest BCUT2D eigenvalue weighted by Gasteiger charge is -2.36. The second kappa shape index (κ2) is 5.11. The molecule has 0 aromatic heterocycles. The maximum absolute atomic E-state index is 11.5. The van der Waals surface area contributed by atoms with Gasteiger partial charge in [-0.2, -0.15) is 0 Å². The highest BCUT2D eigenvalue weighted by Crippen LogP contribution is 2.25. The molecule has 1 fully saturated rings. The predicted octanol–water partition coefficient (Wildman–Crippen LogP) is 2.87. The average Bonchev–Trinajstić information content (AvgIpc) is 2.18. The van der Waals surface area contributed by atoms with E-state index < -0.39 is 0 Å². The number of carbonyl (C=O) groups is 1. The molecule has 1 aliphatic rings. The van der Waals surface area contributed by atoms with E-state index in [2.05, 4.69) is 25.8 Å². The first-order chi connectivity index (χ1) is 6.93. The van der Waals surface area contributed by atoms with Gasteiger partial charge < -0.3 is 4.90 Å². The third-order valence-electron chi connectivity index (χ3n) is 3.80. The van der Waals surface area contributed by atoms with Crippen LogP contribution in [0.25, 0.3) is 0 Å². The van der Waals surface area contributed by atoms with Crippen molar-refractivity contribution >= 4 is 5.78 Å². The maximum Gasteiger partial charge on any atom is 0.136 e. The monoisotopic (exact) mass is 211 g/mol. The minimum atomic E-state index is -0.188. The van der Waals surface area contributed by atoms with Crippen molar-refractivity contribution in [2.24, 2.45) is 5.41 Å². The highest BCUT2D eigenvalue weighted by molar-refractivity contribution is 5.81. The third-order valence-corrected chi connectivity index (χ3v) is 3.80. The van der Waals surface area contributed by atoms with Gasteiger partial charge in [-0.05, 0) is 26.8 Å². The third kappa shape index (κ3) is 3.60. The van der Waals surface area contributed by atoms with Gasteiger partial charge >= 0.3 is 0 Å². The van der Waals surface area contributed by atoms with Crippen molar-refractivity contribution in [1.29, 1.82) is 0 Å². The number of nitrogens with zero attached hydrogens (tertiary/aromatic N) is 1. The van der Waals surface area contributed by atoms with Crippen LogP contribution >= 0.6 is 0 Å². The zero-order valence-corrected chi connectivity index (χ0v) is 10.7. The quantitative estimate of drug-likeness (QED) is 0.712. The Morgan fingerprint density at radius 3 is 2.27 bits per heavy atom. The molecule has 0 amide bonds. The van der Waals surface area contributed by atoms with E-state index in [0.717, 1.165) is 6.54 Å². The van der Waals surface area contributed by atoms with E-state index >= 15 is 0 Å². The maximum atomic E-state index is 11.5.